The van der Waals surface area contributed by atoms with Crippen molar-refractivity contribution in [2.45, 2.75) is 4.90 Å². The van der Waals surface area contributed by atoms with Crippen LogP contribution in [0.5, 0.6) is 0 Å². The maximum Gasteiger partial charge on any atom is 0.311 e. The van der Waals surface area contributed by atoms with Gasteiger partial charge in [-0.1, -0.05) is 18.2 Å². The molecule has 17 heavy (non-hydrogen) atoms. The largest absolute Gasteiger partial charge is 0.469 e. The lowest BCUT2D eigenvalue weighted by molar-refractivity contribution is -0.149. The first kappa shape index (κ1) is 12.1. The maximum absolute atomic E-state index is 12.0. The number of carbonyl (C=O) groups is 1. The van der Waals surface area contributed by atoms with Gasteiger partial charge in [0.15, 0.2) is 0 Å². The number of hydrogen-bond acceptors (Lipinski definition) is 4. The van der Waals surface area contributed by atoms with E-state index in [1.54, 1.807) is 30.3 Å². The summed E-state index contributed by atoms with van der Waals surface area (Å²) in [6.07, 6.45) is 0. The van der Waals surface area contributed by atoms with Crippen molar-refractivity contribution in [2.75, 3.05) is 20.2 Å². The Morgan fingerprint density at radius 2 is 1.88 bits per heavy atom. The van der Waals surface area contributed by atoms with Gasteiger partial charge in [0, 0.05) is 13.1 Å². The van der Waals surface area contributed by atoms with Gasteiger partial charge in [-0.25, -0.2) is 8.42 Å². The average Bonchev–Trinajstić information content (AvgIpc) is 2.27. The van der Waals surface area contributed by atoms with Gasteiger partial charge in [0.1, 0.15) is 0 Å². The van der Waals surface area contributed by atoms with Gasteiger partial charge in [0.05, 0.1) is 17.9 Å². The Bertz CT molecular complexity index is 506. The van der Waals surface area contributed by atoms with Crippen molar-refractivity contribution in [3.8, 4) is 0 Å². The molecule has 1 aliphatic heterocycles. The van der Waals surface area contributed by atoms with Crippen LogP contribution in [-0.4, -0.2) is 38.9 Å². The number of rotatable bonds is 3. The number of ether oxygens (including phenoxy) is 1. The highest BCUT2D eigenvalue weighted by molar-refractivity contribution is 7.89. The highest BCUT2D eigenvalue weighted by Gasteiger charge is 2.40. The third-order valence-corrected chi connectivity index (χ3v) is 4.61. The third kappa shape index (κ3) is 2.18. The molecule has 1 fully saturated rings. The first-order valence-electron chi connectivity index (χ1n) is 5.18. The Kier molecular flexibility index (Phi) is 3.17. The molecule has 2 rings (SSSR count). The SMILES string of the molecule is COC(=O)C1CN(S(=O)(=O)c2ccccc2)C1. The van der Waals surface area contributed by atoms with Gasteiger partial charge in [-0.3, -0.25) is 4.79 Å². The normalized spacial score (nSPS) is 17.5. The number of sulfonamides is 1. The number of esters is 1. The van der Waals surface area contributed by atoms with Gasteiger partial charge < -0.3 is 4.74 Å². The minimum absolute atomic E-state index is 0.198. The standard InChI is InChI=1S/C11H13NO4S/c1-16-11(13)9-7-12(8-9)17(14,15)10-5-3-2-4-6-10/h2-6,9H,7-8H2,1H3. The minimum Gasteiger partial charge on any atom is -0.469 e. The van der Waals surface area contributed by atoms with E-state index in [-0.39, 0.29) is 29.9 Å². The Morgan fingerprint density at radius 3 is 2.41 bits per heavy atom. The minimum atomic E-state index is -3.45. The van der Waals surface area contributed by atoms with E-state index >= 15 is 0 Å². The molecule has 0 amide bonds. The second-order valence-corrected chi connectivity index (χ2v) is 5.79. The van der Waals surface area contributed by atoms with E-state index in [2.05, 4.69) is 4.74 Å². The molecule has 0 bridgehead atoms. The number of nitrogens with zero attached hydrogens (tertiary/aromatic N) is 1. The number of hydrogen-bond donors (Lipinski definition) is 0. The molecule has 1 aromatic rings. The summed E-state index contributed by atoms with van der Waals surface area (Å²) in [6, 6.07) is 8.18. The van der Waals surface area contributed by atoms with Crippen molar-refractivity contribution in [1.82, 2.24) is 4.31 Å². The lowest BCUT2D eigenvalue weighted by Crippen LogP contribution is -2.53. The monoisotopic (exact) mass is 255 g/mol. The van der Waals surface area contributed by atoms with Crippen LogP contribution in [0.4, 0.5) is 0 Å². The van der Waals surface area contributed by atoms with Crippen molar-refractivity contribution in [3.63, 3.8) is 0 Å². The molecule has 5 nitrogen and oxygen atoms in total. The molecule has 0 atom stereocenters. The second-order valence-electron chi connectivity index (χ2n) is 3.86. The second kappa shape index (κ2) is 4.46. The molecule has 0 aliphatic carbocycles. The Hall–Kier alpha value is -1.40. The lowest BCUT2D eigenvalue weighted by atomic mass is 10.0. The van der Waals surface area contributed by atoms with Crippen LogP contribution in [0.1, 0.15) is 0 Å². The summed E-state index contributed by atoms with van der Waals surface area (Å²) in [7, 11) is -2.15. The lowest BCUT2D eigenvalue weighted by Gasteiger charge is -2.36. The van der Waals surface area contributed by atoms with Crippen LogP contribution in [0.3, 0.4) is 0 Å². The van der Waals surface area contributed by atoms with Crippen LogP contribution >= 0.6 is 0 Å². The number of methoxy groups -OCH3 is 1. The van der Waals surface area contributed by atoms with E-state index in [0.717, 1.165) is 0 Å². The molecule has 0 unspecified atom stereocenters. The molecule has 6 heteroatoms. The van der Waals surface area contributed by atoms with Crippen molar-refractivity contribution in [3.05, 3.63) is 30.3 Å². The van der Waals surface area contributed by atoms with E-state index in [4.69, 9.17) is 0 Å². The van der Waals surface area contributed by atoms with Crippen molar-refractivity contribution in [2.24, 2.45) is 5.92 Å². The maximum atomic E-state index is 12.0. The molecular weight excluding hydrogens is 242 g/mol. The fourth-order valence-corrected chi connectivity index (χ4v) is 3.24. The van der Waals surface area contributed by atoms with E-state index in [1.807, 2.05) is 0 Å². The molecule has 1 aliphatic rings. The van der Waals surface area contributed by atoms with Crippen LogP contribution < -0.4 is 0 Å². The van der Waals surface area contributed by atoms with Crippen LogP contribution in [0.15, 0.2) is 35.2 Å². The molecule has 0 saturated carbocycles. The molecule has 0 N–H and O–H groups in total. The summed E-state index contributed by atoms with van der Waals surface area (Å²) in [6.45, 7) is 0.397. The van der Waals surface area contributed by atoms with Crippen LogP contribution in [0.2, 0.25) is 0 Å². The van der Waals surface area contributed by atoms with Gasteiger partial charge in [-0.2, -0.15) is 4.31 Å². The molecule has 0 aromatic heterocycles. The van der Waals surface area contributed by atoms with E-state index < -0.39 is 10.0 Å². The zero-order valence-corrected chi connectivity index (χ0v) is 10.2. The molecular formula is C11H13NO4S. The Balaban J connectivity index is 2.09. The summed E-state index contributed by atoms with van der Waals surface area (Å²) in [5.74, 6) is -0.692. The molecule has 92 valence electrons. The van der Waals surface area contributed by atoms with Crippen molar-refractivity contribution < 1.29 is 17.9 Å². The van der Waals surface area contributed by atoms with Crippen LogP contribution in [0.25, 0.3) is 0 Å². The van der Waals surface area contributed by atoms with Gasteiger partial charge in [0.2, 0.25) is 10.0 Å². The van der Waals surface area contributed by atoms with Crippen molar-refractivity contribution >= 4 is 16.0 Å². The zero-order chi connectivity index (χ0) is 12.5. The van der Waals surface area contributed by atoms with Crippen LogP contribution in [0, 0.1) is 5.92 Å². The fraction of sp³-hybridized carbons (Fsp3) is 0.364. The fourth-order valence-electron chi connectivity index (χ4n) is 1.69. The smallest absolute Gasteiger partial charge is 0.311 e. The summed E-state index contributed by atoms with van der Waals surface area (Å²) in [5, 5.41) is 0. The summed E-state index contributed by atoms with van der Waals surface area (Å²) >= 11 is 0. The third-order valence-electron chi connectivity index (χ3n) is 2.76. The van der Waals surface area contributed by atoms with E-state index in [1.165, 1.54) is 11.4 Å². The Morgan fingerprint density at radius 1 is 1.29 bits per heavy atom. The molecule has 0 radical (unpaired) electrons. The Labute approximate surface area is 100 Å². The molecule has 1 saturated heterocycles. The van der Waals surface area contributed by atoms with Crippen molar-refractivity contribution in [1.29, 1.82) is 0 Å². The molecule has 1 heterocycles. The van der Waals surface area contributed by atoms with Gasteiger partial charge in [0.25, 0.3) is 0 Å². The first-order valence-corrected chi connectivity index (χ1v) is 6.62. The summed E-state index contributed by atoms with van der Waals surface area (Å²) in [5.41, 5.74) is 0. The predicted octanol–water partition coefficient (Wildman–Crippen LogP) is 0.480. The molecule has 0 spiro atoms. The predicted molar refractivity (Wildman–Crippen MR) is 60.7 cm³/mol. The average molecular weight is 255 g/mol. The summed E-state index contributed by atoms with van der Waals surface area (Å²) in [4.78, 5) is 11.4. The topological polar surface area (TPSA) is 63.7 Å². The van der Waals surface area contributed by atoms with E-state index in [9.17, 15) is 13.2 Å². The molecule has 1 aromatic carbocycles. The van der Waals surface area contributed by atoms with Gasteiger partial charge >= 0.3 is 5.97 Å². The highest BCUT2D eigenvalue weighted by atomic mass is 32.2. The number of benzene rings is 1. The quantitative estimate of drug-likeness (QED) is 0.737. The number of carbonyl (C=O) groups excluding carboxylic acids is 1. The van der Waals surface area contributed by atoms with E-state index in [0.29, 0.717) is 0 Å². The van der Waals surface area contributed by atoms with Crippen LogP contribution in [-0.2, 0) is 19.6 Å². The first-order chi connectivity index (χ1) is 8.05. The van der Waals surface area contributed by atoms with Gasteiger partial charge in [-0.15, -0.1) is 0 Å². The van der Waals surface area contributed by atoms with Gasteiger partial charge in [-0.05, 0) is 12.1 Å². The highest BCUT2D eigenvalue weighted by Crippen LogP contribution is 2.25. The summed E-state index contributed by atoms with van der Waals surface area (Å²) < 4.78 is 29.9. The zero-order valence-electron chi connectivity index (χ0n) is 9.37.